The van der Waals surface area contributed by atoms with E-state index in [1.54, 1.807) is 37.0 Å². The van der Waals surface area contributed by atoms with Gasteiger partial charge in [0, 0.05) is 13.0 Å². The van der Waals surface area contributed by atoms with E-state index in [9.17, 15) is 14.4 Å². The molecule has 0 saturated heterocycles. The Morgan fingerprint density at radius 3 is 2.84 bits per heavy atom. The summed E-state index contributed by atoms with van der Waals surface area (Å²) in [6.07, 6.45) is 5.35. The van der Waals surface area contributed by atoms with Crippen molar-refractivity contribution in [2.24, 2.45) is 15.7 Å². The van der Waals surface area contributed by atoms with Crippen molar-refractivity contribution in [2.75, 3.05) is 18.1 Å². The van der Waals surface area contributed by atoms with Gasteiger partial charge in [0.1, 0.15) is 24.2 Å². The van der Waals surface area contributed by atoms with E-state index < -0.39 is 5.54 Å². The number of aromatic nitrogens is 1. The monoisotopic (exact) mass is 441 g/mol. The van der Waals surface area contributed by atoms with Gasteiger partial charge in [0.25, 0.3) is 5.56 Å². The number of thiazole rings is 1. The highest BCUT2D eigenvalue weighted by atomic mass is 32.1. The molecule has 0 spiro atoms. The van der Waals surface area contributed by atoms with Gasteiger partial charge in [-0.25, -0.2) is 4.99 Å². The zero-order chi connectivity index (χ0) is 22.6. The molecule has 1 amide bonds. The molecule has 0 bridgehead atoms. The Labute approximate surface area is 182 Å². The van der Waals surface area contributed by atoms with Crippen LogP contribution in [0.4, 0.5) is 5.69 Å². The van der Waals surface area contributed by atoms with Gasteiger partial charge in [-0.15, -0.1) is 11.3 Å². The van der Waals surface area contributed by atoms with Crippen molar-refractivity contribution in [2.45, 2.75) is 26.3 Å². The highest BCUT2D eigenvalue weighted by Gasteiger charge is 2.24. The van der Waals surface area contributed by atoms with E-state index in [4.69, 9.17) is 10.5 Å². The predicted molar refractivity (Wildman–Crippen MR) is 122 cm³/mol. The highest BCUT2D eigenvalue weighted by molar-refractivity contribution is 7.07. The first-order valence-corrected chi connectivity index (χ1v) is 10.3. The molecular weight excluding hydrogens is 418 g/mol. The standard InChI is InChI=1S/C21H23N5O4S/c1-13(27)26-6-7-30-16-5-4-14(8-15(16)26)9-17-20(29)25-19(31-17)10-18(28)21(2,3)24-12-23-11-22/h4-5,8-12H,6-7H2,1-3H3,(H,25,29)(H2,22,23,24)/b17-9-,19-10+. The maximum absolute atomic E-state index is 12.5. The van der Waals surface area contributed by atoms with E-state index >= 15 is 0 Å². The molecule has 1 aliphatic rings. The fourth-order valence-corrected chi connectivity index (χ4v) is 3.79. The van der Waals surface area contributed by atoms with Crippen molar-refractivity contribution in [3.05, 3.63) is 43.3 Å². The zero-order valence-electron chi connectivity index (χ0n) is 17.4. The van der Waals surface area contributed by atoms with Crippen LogP contribution in [0.15, 0.2) is 33.0 Å². The molecule has 1 aromatic heterocycles. The average Bonchev–Trinajstić information content (AvgIpc) is 3.06. The maximum Gasteiger partial charge on any atom is 0.266 e. The van der Waals surface area contributed by atoms with E-state index in [0.717, 1.165) is 23.2 Å². The van der Waals surface area contributed by atoms with Gasteiger partial charge in [0.2, 0.25) is 5.91 Å². The van der Waals surface area contributed by atoms with Crippen LogP contribution in [-0.4, -0.2) is 48.0 Å². The first-order valence-electron chi connectivity index (χ1n) is 9.50. The topological polar surface area (TPSA) is 130 Å². The lowest BCUT2D eigenvalue weighted by Crippen LogP contribution is -2.36. The molecule has 31 heavy (non-hydrogen) atoms. The number of carbonyl (C=O) groups excluding carboxylic acids is 2. The maximum atomic E-state index is 12.5. The minimum Gasteiger partial charge on any atom is -0.490 e. The lowest BCUT2D eigenvalue weighted by molar-refractivity contribution is -0.117. The second kappa shape index (κ2) is 9.09. The molecule has 0 unspecified atom stereocenters. The van der Waals surface area contributed by atoms with Crippen molar-refractivity contribution in [1.29, 1.82) is 0 Å². The SMILES string of the molecule is CC(=O)N1CCOc2ccc(/C=c3\s/c(=C/C(=O)C(C)(C)N=CN=CN)[nH]c3=O)cc21. The fourth-order valence-electron chi connectivity index (χ4n) is 2.90. The number of ketones is 1. The molecule has 2 aromatic rings. The second-order valence-corrected chi connectivity index (χ2v) is 8.37. The number of hydrogen-bond donors (Lipinski definition) is 2. The number of rotatable bonds is 5. The number of benzene rings is 1. The third-order valence-corrected chi connectivity index (χ3v) is 5.57. The Morgan fingerprint density at radius 1 is 1.35 bits per heavy atom. The Balaban J connectivity index is 1.95. The number of hydrogen-bond acceptors (Lipinski definition) is 6. The van der Waals surface area contributed by atoms with Crippen molar-refractivity contribution in [1.82, 2.24) is 4.98 Å². The molecule has 3 N–H and O–H groups in total. The van der Waals surface area contributed by atoms with E-state index in [2.05, 4.69) is 15.0 Å². The first kappa shape index (κ1) is 22.2. The number of nitrogens with two attached hydrogens (primary N) is 1. The largest absolute Gasteiger partial charge is 0.490 e. The Bertz CT molecular complexity index is 1240. The van der Waals surface area contributed by atoms with Crippen molar-refractivity contribution >= 4 is 53.5 Å². The second-order valence-electron chi connectivity index (χ2n) is 7.29. The van der Waals surface area contributed by atoms with Gasteiger partial charge in [-0.1, -0.05) is 6.07 Å². The number of H-pyrrole nitrogens is 1. The molecule has 0 atom stereocenters. The molecule has 0 radical (unpaired) electrons. The number of fused-ring (bicyclic) bond motifs is 1. The van der Waals surface area contributed by atoms with Gasteiger partial charge in [-0.05, 0) is 37.6 Å². The van der Waals surface area contributed by atoms with Gasteiger partial charge in [-0.2, -0.15) is 0 Å². The molecule has 0 aliphatic carbocycles. The smallest absolute Gasteiger partial charge is 0.266 e. The van der Waals surface area contributed by atoms with Crippen LogP contribution in [0.3, 0.4) is 0 Å². The van der Waals surface area contributed by atoms with Gasteiger partial charge in [0.05, 0.1) is 27.8 Å². The van der Waals surface area contributed by atoms with Crippen molar-refractivity contribution < 1.29 is 14.3 Å². The number of aliphatic imine (C=N–C) groups is 2. The number of Topliss-reactive ketones (excluding diaryl/α,β-unsaturated/α-hetero) is 1. The molecule has 162 valence electrons. The van der Waals surface area contributed by atoms with Crippen LogP contribution in [0.2, 0.25) is 0 Å². The third-order valence-electron chi connectivity index (χ3n) is 4.60. The van der Waals surface area contributed by atoms with Crippen molar-refractivity contribution in [3.8, 4) is 5.75 Å². The van der Waals surface area contributed by atoms with Crippen LogP contribution < -0.4 is 30.1 Å². The van der Waals surface area contributed by atoms with E-state index in [1.807, 2.05) is 6.07 Å². The number of nitrogens with one attached hydrogen (secondary N) is 1. The van der Waals surface area contributed by atoms with Gasteiger partial charge in [-0.3, -0.25) is 19.4 Å². The molecule has 3 rings (SSSR count). The zero-order valence-corrected chi connectivity index (χ0v) is 18.2. The summed E-state index contributed by atoms with van der Waals surface area (Å²) in [6.45, 7) is 5.70. The summed E-state index contributed by atoms with van der Waals surface area (Å²) in [7, 11) is 0. The van der Waals surface area contributed by atoms with Crippen LogP contribution in [0.5, 0.6) is 5.75 Å². The number of anilines is 1. The summed E-state index contributed by atoms with van der Waals surface area (Å²) >= 11 is 1.16. The Morgan fingerprint density at radius 2 is 2.13 bits per heavy atom. The molecular formula is C21H23N5O4S. The summed E-state index contributed by atoms with van der Waals surface area (Å²) in [5.74, 6) is 0.261. The summed E-state index contributed by atoms with van der Waals surface area (Å²) in [4.78, 5) is 48.9. The number of ether oxygens (including phenoxy) is 1. The van der Waals surface area contributed by atoms with Gasteiger partial charge < -0.3 is 20.4 Å². The Hall–Kier alpha value is -3.53. The number of carbonyl (C=O) groups is 2. The predicted octanol–water partition coefficient (Wildman–Crippen LogP) is 0.154. The van der Waals surface area contributed by atoms with E-state index in [0.29, 0.717) is 33.8 Å². The highest BCUT2D eigenvalue weighted by Crippen LogP contribution is 2.32. The minimum absolute atomic E-state index is 0.0755. The summed E-state index contributed by atoms with van der Waals surface area (Å²) in [5, 5.41) is 0. The fraction of sp³-hybridized carbons (Fsp3) is 0.286. The lowest BCUT2D eigenvalue weighted by Gasteiger charge is -2.28. The normalized spacial score (nSPS) is 15.5. The number of amides is 1. The van der Waals surface area contributed by atoms with E-state index in [1.165, 1.54) is 19.3 Å². The average molecular weight is 442 g/mol. The lowest BCUT2D eigenvalue weighted by atomic mass is 10.0. The molecule has 2 heterocycles. The quantitative estimate of drug-likeness (QED) is 0.504. The molecule has 0 saturated carbocycles. The molecule has 1 aliphatic heterocycles. The third kappa shape index (κ3) is 5.15. The van der Waals surface area contributed by atoms with Gasteiger partial charge >= 0.3 is 0 Å². The summed E-state index contributed by atoms with van der Waals surface area (Å²) in [6, 6.07) is 5.39. The van der Waals surface area contributed by atoms with Gasteiger partial charge in [0.15, 0.2) is 5.78 Å². The van der Waals surface area contributed by atoms with Crippen LogP contribution in [0.1, 0.15) is 26.3 Å². The van der Waals surface area contributed by atoms with Crippen LogP contribution >= 0.6 is 11.3 Å². The molecule has 0 fully saturated rings. The first-order chi connectivity index (χ1) is 14.7. The molecule has 9 nitrogen and oxygen atoms in total. The number of aromatic amines is 1. The van der Waals surface area contributed by atoms with E-state index in [-0.39, 0.29) is 17.2 Å². The molecule has 10 heteroatoms. The molecule has 1 aromatic carbocycles. The Kier molecular flexibility index (Phi) is 6.50. The minimum atomic E-state index is -1.05. The number of nitrogens with zero attached hydrogens (tertiary/aromatic N) is 3. The van der Waals surface area contributed by atoms with Crippen LogP contribution in [-0.2, 0) is 9.59 Å². The summed E-state index contributed by atoms with van der Waals surface area (Å²) in [5.41, 5.74) is 5.21. The summed E-state index contributed by atoms with van der Waals surface area (Å²) < 4.78 is 6.45. The van der Waals surface area contributed by atoms with Crippen LogP contribution in [0, 0.1) is 0 Å². The van der Waals surface area contributed by atoms with Crippen LogP contribution in [0.25, 0.3) is 12.2 Å². The van der Waals surface area contributed by atoms with Crippen molar-refractivity contribution in [3.63, 3.8) is 0 Å².